The fourth-order valence-electron chi connectivity index (χ4n) is 7.74. The average Bonchev–Trinajstić information content (AvgIpc) is 3.47. The van der Waals surface area contributed by atoms with Crippen molar-refractivity contribution in [2.75, 3.05) is 63.2 Å². The highest BCUT2D eigenvalue weighted by atomic mass is 35.5. The molecule has 4 saturated heterocycles. The van der Waals surface area contributed by atoms with Crippen molar-refractivity contribution in [3.8, 4) is 23.1 Å². The number of hydrogen-bond acceptors (Lipinski definition) is 10. The topological polar surface area (TPSA) is 111 Å². The van der Waals surface area contributed by atoms with E-state index < -0.39 is 51.1 Å². The maximum Gasteiger partial charge on any atom is 0.418 e. The van der Waals surface area contributed by atoms with Crippen LogP contribution in [0.5, 0.6) is 11.9 Å². The number of anilines is 2. The highest BCUT2D eigenvalue weighted by molar-refractivity contribution is 6.32. The molecular formula is C31H33ClF5N7O3. The first-order valence-electron chi connectivity index (χ1n) is 15.8. The fourth-order valence-corrected chi connectivity index (χ4v) is 8.07. The maximum absolute atomic E-state index is 16.9. The van der Waals surface area contributed by atoms with Crippen molar-refractivity contribution in [3.63, 3.8) is 0 Å². The van der Waals surface area contributed by atoms with Gasteiger partial charge in [0.15, 0.2) is 5.82 Å². The van der Waals surface area contributed by atoms with Gasteiger partial charge in [-0.3, -0.25) is 4.90 Å². The molecule has 252 valence electrons. The van der Waals surface area contributed by atoms with Crippen LogP contribution in [0.4, 0.5) is 33.5 Å². The highest BCUT2D eigenvalue weighted by Crippen LogP contribution is 2.48. The number of nitrogens with two attached hydrogens (primary N) is 1. The molecule has 7 heterocycles. The van der Waals surface area contributed by atoms with Crippen molar-refractivity contribution in [2.24, 2.45) is 0 Å². The van der Waals surface area contributed by atoms with Crippen molar-refractivity contribution in [2.45, 2.75) is 61.6 Å². The molecule has 3 aromatic rings. The van der Waals surface area contributed by atoms with Gasteiger partial charge in [0.2, 0.25) is 5.88 Å². The summed E-state index contributed by atoms with van der Waals surface area (Å²) in [6.07, 6.45) is -2.63. The Kier molecular flexibility index (Phi) is 7.35. The van der Waals surface area contributed by atoms with Gasteiger partial charge in [-0.1, -0.05) is 11.6 Å². The molecular weight excluding hydrogens is 649 g/mol. The highest BCUT2D eigenvalue weighted by Gasteiger charge is 2.51. The van der Waals surface area contributed by atoms with E-state index >= 15 is 4.39 Å². The predicted octanol–water partition coefficient (Wildman–Crippen LogP) is 4.76. The summed E-state index contributed by atoms with van der Waals surface area (Å²) in [5, 5.41) is 2.81. The lowest BCUT2D eigenvalue weighted by Gasteiger charge is -2.52. The number of alkyl halides is 4. The van der Waals surface area contributed by atoms with Gasteiger partial charge in [0.05, 0.1) is 41.5 Å². The zero-order valence-electron chi connectivity index (χ0n) is 25.3. The third kappa shape index (κ3) is 5.11. The SMILES string of the molecule is Nc1cc(Cl)c(C(F)(F)F)c(-c2nc3c4c(nc(OC[C@@]56CCCN5C[C@H](F)C6)nc4c2F)N(CC2CCN2)C2(CCO3)COC2)c1. The second-order valence-electron chi connectivity index (χ2n) is 13.3. The lowest BCUT2D eigenvalue weighted by atomic mass is 9.88. The number of fused-ring (bicyclic) bond motifs is 1. The quantitative estimate of drug-likeness (QED) is 0.279. The molecule has 47 heavy (non-hydrogen) atoms. The largest absolute Gasteiger partial charge is 0.477 e. The number of nitrogen functional groups attached to an aromatic ring is 1. The Morgan fingerprint density at radius 1 is 1.17 bits per heavy atom. The van der Waals surface area contributed by atoms with Gasteiger partial charge < -0.3 is 30.2 Å². The van der Waals surface area contributed by atoms with Gasteiger partial charge in [-0.25, -0.2) is 13.8 Å². The predicted molar refractivity (Wildman–Crippen MR) is 163 cm³/mol. The minimum atomic E-state index is -4.95. The molecule has 5 aliphatic rings. The molecule has 1 aromatic carbocycles. The van der Waals surface area contributed by atoms with Crippen molar-refractivity contribution in [3.05, 3.63) is 28.5 Å². The van der Waals surface area contributed by atoms with E-state index in [2.05, 4.69) is 25.1 Å². The summed E-state index contributed by atoms with van der Waals surface area (Å²) in [5.74, 6) is -0.977. The number of pyridine rings is 1. The summed E-state index contributed by atoms with van der Waals surface area (Å²) in [6, 6.07) is 1.88. The lowest BCUT2D eigenvalue weighted by Crippen LogP contribution is -2.67. The van der Waals surface area contributed by atoms with Crippen LogP contribution < -0.4 is 25.4 Å². The number of nitrogens with zero attached hydrogens (tertiary/aromatic N) is 5. The fraction of sp³-hybridized carbons (Fsp3) is 0.581. The molecule has 0 radical (unpaired) electrons. The van der Waals surface area contributed by atoms with Gasteiger partial charge >= 0.3 is 12.2 Å². The Balaban J connectivity index is 1.33. The van der Waals surface area contributed by atoms with E-state index in [4.69, 9.17) is 36.5 Å². The Hall–Kier alpha value is -3.27. The zero-order chi connectivity index (χ0) is 32.7. The summed E-state index contributed by atoms with van der Waals surface area (Å²) in [7, 11) is 0. The summed E-state index contributed by atoms with van der Waals surface area (Å²) in [6.45, 7) is 3.37. The first-order valence-corrected chi connectivity index (χ1v) is 16.2. The standard InChI is InChI=1S/C31H33ClF5N7O3/c32-20-9-17(38)8-19(22(20)31(35,36)37)24-23(34)25-21-26(42-28(41-25)47-15-29-3-1-6-43(29)11-16(33)10-29)44(12-18-2-5-39-18)30(13-45-14-30)4-7-46-27(21)40-24/h8-9,16,18,39H,1-7,10-15,38H2/t16-,18?,29+/m1/s1. The van der Waals surface area contributed by atoms with E-state index in [1.54, 1.807) is 0 Å². The number of benzene rings is 1. The van der Waals surface area contributed by atoms with E-state index in [9.17, 15) is 17.6 Å². The molecule has 3 N–H and O–H groups in total. The number of halogens is 6. The molecule has 0 bridgehead atoms. The molecule has 0 saturated carbocycles. The van der Waals surface area contributed by atoms with Gasteiger partial charge in [0.1, 0.15) is 35.2 Å². The van der Waals surface area contributed by atoms with Crippen LogP contribution in [0.2, 0.25) is 5.02 Å². The van der Waals surface area contributed by atoms with Gasteiger partial charge in [-0.2, -0.15) is 23.1 Å². The number of hydrogen-bond donors (Lipinski definition) is 2. The molecule has 4 fully saturated rings. The molecule has 2 aromatic heterocycles. The number of rotatable bonds is 6. The minimum absolute atomic E-state index is 0.0722. The molecule has 16 heteroatoms. The van der Waals surface area contributed by atoms with Crippen LogP contribution >= 0.6 is 11.6 Å². The number of aromatic nitrogens is 3. The summed E-state index contributed by atoms with van der Waals surface area (Å²) >= 11 is 6.04. The Labute approximate surface area is 271 Å². The van der Waals surface area contributed by atoms with Crippen molar-refractivity contribution < 1.29 is 36.2 Å². The van der Waals surface area contributed by atoms with Crippen LogP contribution in [0.1, 0.15) is 37.7 Å². The lowest BCUT2D eigenvalue weighted by molar-refractivity contribution is -0.137. The van der Waals surface area contributed by atoms with Crippen LogP contribution in [-0.4, -0.2) is 95.7 Å². The first-order chi connectivity index (χ1) is 22.5. The molecule has 1 unspecified atom stereocenters. The zero-order valence-corrected chi connectivity index (χ0v) is 26.1. The van der Waals surface area contributed by atoms with Crippen molar-refractivity contribution in [1.82, 2.24) is 25.2 Å². The van der Waals surface area contributed by atoms with Crippen LogP contribution in [-0.2, 0) is 10.9 Å². The summed E-state index contributed by atoms with van der Waals surface area (Å²) in [5.41, 5.74) is 1.80. The normalized spacial score (nSPS) is 26.8. The van der Waals surface area contributed by atoms with Crippen molar-refractivity contribution >= 4 is 34.0 Å². The third-order valence-corrected chi connectivity index (χ3v) is 10.6. The molecule has 8 rings (SSSR count). The van der Waals surface area contributed by atoms with Crippen LogP contribution in [0.3, 0.4) is 0 Å². The van der Waals surface area contributed by atoms with Crippen LogP contribution in [0.15, 0.2) is 12.1 Å². The number of ether oxygens (including phenoxy) is 3. The summed E-state index contributed by atoms with van der Waals surface area (Å²) in [4.78, 5) is 17.7. The van der Waals surface area contributed by atoms with Crippen molar-refractivity contribution in [1.29, 1.82) is 0 Å². The van der Waals surface area contributed by atoms with Gasteiger partial charge in [0, 0.05) is 43.2 Å². The Bertz CT molecular complexity index is 1740. The molecule has 1 spiro atoms. The van der Waals surface area contributed by atoms with E-state index in [-0.39, 0.29) is 53.6 Å². The van der Waals surface area contributed by atoms with E-state index in [1.165, 1.54) is 0 Å². The van der Waals surface area contributed by atoms with E-state index in [1.807, 2.05) is 0 Å². The maximum atomic E-state index is 16.9. The van der Waals surface area contributed by atoms with Crippen LogP contribution in [0.25, 0.3) is 22.2 Å². The van der Waals surface area contributed by atoms with E-state index in [0.29, 0.717) is 39.1 Å². The third-order valence-electron chi connectivity index (χ3n) is 10.3. The summed E-state index contributed by atoms with van der Waals surface area (Å²) < 4.78 is 92.3. The molecule has 0 aliphatic carbocycles. The molecule has 3 atom stereocenters. The van der Waals surface area contributed by atoms with Gasteiger partial charge in [-0.05, 0) is 44.5 Å². The van der Waals surface area contributed by atoms with Crippen LogP contribution in [0, 0.1) is 5.82 Å². The number of nitrogens with one attached hydrogen (secondary N) is 1. The smallest absolute Gasteiger partial charge is 0.418 e. The molecule has 0 amide bonds. The van der Waals surface area contributed by atoms with Gasteiger partial charge in [0.25, 0.3) is 0 Å². The second kappa shape index (κ2) is 11.1. The molecule has 10 nitrogen and oxygen atoms in total. The van der Waals surface area contributed by atoms with Gasteiger partial charge in [-0.15, -0.1) is 0 Å². The minimum Gasteiger partial charge on any atom is -0.477 e. The Morgan fingerprint density at radius 2 is 1.98 bits per heavy atom. The van der Waals surface area contributed by atoms with E-state index in [0.717, 1.165) is 44.5 Å². The Morgan fingerprint density at radius 3 is 2.68 bits per heavy atom. The second-order valence-corrected chi connectivity index (χ2v) is 13.7. The monoisotopic (exact) mass is 681 g/mol. The average molecular weight is 682 g/mol. The first kappa shape index (κ1) is 31.0. The molecule has 5 aliphatic heterocycles.